The number of likely N-dealkylation sites (tertiary alicyclic amines) is 1. The van der Waals surface area contributed by atoms with Crippen molar-refractivity contribution < 1.29 is 0 Å². The number of nitrogens with zero attached hydrogens (tertiary/aromatic N) is 3. The Balaban J connectivity index is 1.54. The van der Waals surface area contributed by atoms with Crippen LogP contribution in [0.2, 0.25) is 0 Å². The molecule has 23 heavy (non-hydrogen) atoms. The molecule has 2 aromatic heterocycles. The molecule has 0 N–H and O–H groups in total. The van der Waals surface area contributed by atoms with Crippen molar-refractivity contribution >= 4 is 21.6 Å². The van der Waals surface area contributed by atoms with Crippen LogP contribution in [0, 0.1) is 0 Å². The smallest absolute Gasteiger partial charge is 0.0951 e. The minimum Gasteiger partial charge on any atom is -0.300 e. The molecule has 4 heteroatoms. The van der Waals surface area contributed by atoms with Crippen LogP contribution in [0.3, 0.4) is 0 Å². The van der Waals surface area contributed by atoms with Crippen molar-refractivity contribution in [2.24, 2.45) is 0 Å². The van der Waals surface area contributed by atoms with Crippen LogP contribution in [0.15, 0.2) is 42.7 Å². The summed E-state index contributed by atoms with van der Waals surface area (Å²) in [7, 11) is 0. The van der Waals surface area contributed by atoms with Crippen LogP contribution >= 0.6 is 11.3 Å². The van der Waals surface area contributed by atoms with E-state index in [9.17, 15) is 0 Å². The summed E-state index contributed by atoms with van der Waals surface area (Å²) in [4.78, 5) is 11.5. The molecule has 1 saturated heterocycles. The van der Waals surface area contributed by atoms with Gasteiger partial charge >= 0.3 is 0 Å². The highest BCUT2D eigenvalue weighted by atomic mass is 32.1. The average Bonchev–Trinajstić information content (AvgIpc) is 3.18. The summed E-state index contributed by atoms with van der Waals surface area (Å²) in [5, 5.41) is 1.26. The summed E-state index contributed by atoms with van der Waals surface area (Å²) < 4.78 is 1.28. The van der Waals surface area contributed by atoms with Crippen molar-refractivity contribution in [3.63, 3.8) is 0 Å². The van der Waals surface area contributed by atoms with Gasteiger partial charge in [-0.3, -0.25) is 4.98 Å². The Labute approximate surface area is 141 Å². The van der Waals surface area contributed by atoms with E-state index in [1.807, 2.05) is 23.7 Å². The highest BCUT2D eigenvalue weighted by Gasteiger charge is 2.20. The van der Waals surface area contributed by atoms with E-state index in [0.29, 0.717) is 0 Å². The van der Waals surface area contributed by atoms with Crippen LogP contribution in [-0.4, -0.2) is 34.0 Å². The molecule has 1 aliphatic heterocycles. The van der Waals surface area contributed by atoms with Gasteiger partial charge in [0.1, 0.15) is 0 Å². The van der Waals surface area contributed by atoms with Gasteiger partial charge in [-0.05, 0) is 61.7 Å². The van der Waals surface area contributed by atoms with Gasteiger partial charge in [-0.15, -0.1) is 11.3 Å². The highest BCUT2D eigenvalue weighted by molar-refractivity contribution is 7.18. The second-order valence-corrected chi connectivity index (χ2v) is 7.42. The Hall–Kier alpha value is -1.78. The monoisotopic (exact) mass is 323 g/mol. The summed E-state index contributed by atoms with van der Waals surface area (Å²) in [5.74, 6) is 0. The van der Waals surface area contributed by atoms with Gasteiger partial charge in [0.25, 0.3) is 0 Å². The molecule has 0 radical (unpaired) electrons. The van der Waals surface area contributed by atoms with Gasteiger partial charge in [0.2, 0.25) is 0 Å². The van der Waals surface area contributed by atoms with Crippen LogP contribution in [0.1, 0.15) is 24.8 Å². The standard InChI is InChI=1S/C19H21N3S/c1-14-3-2-11-22(14)12-8-19-21-17-5-4-16(13-18(17)23-19)15-6-9-20-10-7-15/h4-7,9-10,13-14H,2-3,8,11-12H2,1H3/t14-/m1/s1. The molecule has 0 unspecified atom stereocenters. The minimum atomic E-state index is 0.739. The van der Waals surface area contributed by atoms with Crippen molar-refractivity contribution in [2.45, 2.75) is 32.2 Å². The van der Waals surface area contributed by atoms with Crippen LogP contribution in [0.25, 0.3) is 21.3 Å². The maximum absolute atomic E-state index is 4.81. The summed E-state index contributed by atoms with van der Waals surface area (Å²) in [6.45, 7) is 4.72. The average molecular weight is 323 g/mol. The van der Waals surface area contributed by atoms with Crippen molar-refractivity contribution in [1.82, 2.24) is 14.9 Å². The zero-order valence-corrected chi connectivity index (χ0v) is 14.2. The third-order valence-corrected chi connectivity index (χ3v) is 5.83. The lowest BCUT2D eigenvalue weighted by Gasteiger charge is -2.19. The van der Waals surface area contributed by atoms with E-state index in [0.717, 1.165) is 24.5 Å². The van der Waals surface area contributed by atoms with Crippen molar-refractivity contribution in [3.05, 3.63) is 47.7 Å². The lowest BCUT2D eigenvalue weighted by molar-refractivity contribution is 0.272. The molecule has 0 spiro atoms. The van der Waals surface area contributed by atoms with Gasteiger partial charge in [0.05, 0.1) is 15.2 Å². The molecule has 4 rings (SSSR count). The van der Waals surface area contributed by atoms with Crippen molar-refractivity contribution in [1.29, 1.82) is 0 Å². The number of thiazole rings is 1. The van der Waals surface area contributed by atoms with Crippen LogP contribution < -0.4 is 0 Å². The quantitative estimate of drug-likeness (QED) is 0.713. The predicted molar refractivity (Wildman–Crippen MR) is 96.8 cm³/mol. The van der Waals surface area contributed by atoms with E-state index in [1.165, 1.54) is 40.2 Å². The summed E-state index contributed by atoms with van der Waals surface area (Å²) in [6, 6.07) is 11.4. The maximum atomic E-state index is 4.81. The molecule has 118 valence electrons. The van der Waals surface area contributed by atoms with Crippen LogP contribution in [0.5, 0.6) is 0 Å². The Kier molecular flexibility index (Phi) is 4.10. The van der Waals surface area contributed by atoms with E-state index in [1.54, 1.807) is 0 Å². The molecule has 3 heterocycles. The van der Waals surface area contributed by atoms with Crippen LogP contribution in [0.4, 0.5) is 0 Å². The fourth-order valence-electron chi connectivity index (χ4n) is 3.37. The van der Waals surface area contributed by atoms with E-state index >= 15 is 0 Å². The second kappa shape index (κ2) is 6.38. The first-order valence-electron chi connectivity index (χ1n) is 8.33. The summed E-state index contributed by atoms with van der Waals surface area (Å²) in [6.07, 6.45) is 7.43. The maximum Gasteiger partial charge on any atom is 0.0951 e. The molecular weight excluding hydrogens is 302 g/mol. The lowest BCUT2D eigenvalue weighted by atomic mass is 10.1. The zero-order chi connectivity index (χ0) is 15.6. The van der Waals surface area contributed by atoms with Crippen LogP contribution in [-0.2, 0) is 6.42 Å². The number of hydrogen-bond donors (Lipinski definition) is 0. The molecule has 3 aromatic rings. The molecular formula is C19H21N3S. The summed E-state index contributed by atoms with van der Waals surface area (Å²) >= 11 is 1.84. The number of fused-ring (bicyclic) bond motifs is 1. The highest BCUT2D eigenvalue weighted by Crippen LogP contribution is 2.28. The number of benzene rings is 1. The van der Waals surface area contributed by atoms with E-state index in [-0.39, 0.29) is 0 Å². The first-order valence-corrected chi connectivity index (χ1v) is 9.15. The Morgan fingerprint density at radius 3 is 2.83 bits per heavy atom. The fourth-order valence-corrected chi connectivity index (χ4v) is 4.36. The predicted octanol–water partition coefficient (Wildman–Crippen LogP) is 4.39. The Bertz CT molecular complexity index is 797. The fraction of sp³-hybridized carbons (Fsp3) is 0.368. The molecule has 0 aliphatic carbocycles. The number of pyridine rings is 1. The number of aromatic nitrogens is 2. The van der Waals surface area contributed by atoms with E-state index in [4.69, 9.17) is 4.98 Å². The third kappa shape index (κ3) is 3.14. The van der Waals surface area contributed by atoms with Gasteiger partial charge in [-0.1, -0.05) is 6.07 Å². The second-order valence-electron chi connectivity index (χ2n) is 6.30. The SMILES string of the molecule is C[C@@H]1CCCN1CCc1nc2ccc(-c3ccncc3)cc2s1. The Morgan fingerprint density at radius 2 is 2.04 bits per heavy atom. The molecule has 0 amide bonds. The van der Waals surface area contributed by atoms with Gasteiger partial charge in [0, 0.05) is 31.4 Å². The molecule has 1 aliphatic rings. The zero-order valence-electron chi connectivity index (χ0n) is 13.4. The van der Waals surface area contributed by atoms with Crippen molar-refractivity contribution in [3.8, 4) is 11.1 Å². The van der Waals surface area contributed by atoms with Gasteiger partial charge < -0.3 is 4.90 Å². The first kappa shape index (κ1) is 14.8. The normalized spacial score (nSPS) is 18.7. The lowest BCUT2D eigenvalue weighted by Crippen LogP contribution is -2.28. The number of rotatable bonds is 4. The van der Waals surface area contributed by atoms with Gasteiger partial charge in [-0.25, -0.2) is 4.98 Å². The molecule has 0 bridgehead atoms. The Morgan fingerprint density at radius 1 is 1.17 bits per heavy atom. The van der Waals surface area contributed by atoms with Crippen molar-refractivity contribution in [2.75, 3.05) is 13.1 Å². The summed E-state index contributed by atoms with van der Waals surface area (Å²) in [5.41, 5.74) is 3.57. The molecule has 1 fully saturated rings. The minimum absolute atomic E-state index is 0.739. The topological polar surface area (TPSA) is 29.0 Å². The molecule has 1 atom stereocenters. The largest absolute Gasteiger partial charge is 0.300 e. The molecule has 3 nitrogen and oxygen atoms in total. The van der Waals surface area contributed by atoms with E-state index < -0.39 is 0 Å². The van der Waals surface area contributed by atoms with Gasteiger partial charge in [0.15, 0.2) is 0 Å². The number of hydrogen-bond acceptors (Lipinski definition) is 4. The van der Waals surface area contributed by atoms with E-state index in [2.05, 4.69) is 47.1 Å². The van der Waals surface area contributed by atoms with Gasteiger partial charge in [-0.2, -0.15) is 0 Å². The molecule has 0 saturated carbocycles. The molecule has 1 aromatic carbocycles. The third-order valence-electron chi connectivity index (χ3n) is 4.75. The first-order chi connectivity index (χ1) is 11.3.